The van der Waals surface area contributed by atoms with Gasteiger partial charge in [0, 0.05) is 16.1 Å². The minimum absolute atomic E-state index is 0.0620. The number of carbonyl (C=O) groups excluding carboxylic acids is 1. The third kappa shape index (κ3) is 3.72. The number of aromatic nitrogens is 3. The molecule has 1 aromatic heterocycles. The van der Waals surface area contributed by atoms with Gasteiger partial charge in [0.25, 0.3) is 0 Å². The van der Waals surface area contributed by atoms with Crippen molar-refractivity contribution in [3.63, 3.8) is 0 Å². The fraction of sp³-hybridized carbons (Fsp3) is 0.167. The normalized spacial score (nSPS) is 12.8. The molecule has 0 saturated carbocycles. The van der Waals surface area contributed by atoms with E-state index in [1.807, 2.05) is 12.1 Å². The van der Waals surface area contributed by atoms with Crippen molar-refractivity contribution in [2.45, 2.75) is 5.16 Å². The Morgan fingerprint density at radius 1 is 1.11 bits per heavy atom. The molecule has 7 nitrogen and oxygen atoms in total. The molecule has 2 N–H and O–H groups in total. The molecule has 0 aliphatic carbocycles. The fourth-order valence-corrected chi connectivity index (χ4v) is 3.48. The van der Waals surface area contributed by atoms with Crippen LogP contribution < -0.4 is 15.3 Å². The molecule has 2 heterocycles. The molecule has 4 rings (SSSR count). The molecule has 1 aliphatic heterocycles. The highest BCUT2D eigenvalue weighted by atomic mass is 35.5. The molecule has 9 heteroatoms. The SMILES string of the molecule is Nn1c(SCC(=O)c2ccc3c(c2)OCCO3)nnc1-c1ccc(Cl)cc1. The van der Waals surface area contributed by atoms with Gasteiger partial charge in [-0.15, -0.1) is 10.2 Å². The van der Waals surface area contributed by atoms with Crippen LogP contribution in [-0.4, -0.2) is 39.6 Å². The first kappa shape index (κ1) is 17.7. The summed E-state index contributed by atoms with van der Waals surface area (Å²) in [5.74, 6) is 7.93. The lowest BCUT2D eigenvalue weighted by atomic mass is 10.1. The predicted octanol–water partition coefficient (Wildman–Crippen LogP) is 3.06. The molecule has 0 atom stereocenters. The van der Waals surface area contributed by atoms with E-state index in [4.69, 9.17) is 26.9 Å². The number of ether oxygens (including phenoxy) is 2. The average Bonchev–Trinajstić information content (AvgIpc) is 3.07. The lowest BCUT2D eigenvalue weighted by Gasteiger charge is -2.18. The van der Waals surface area contributed by atoms with E-state index in [2.05, 4.69) is 10.2 Å². The Morgan fingerprint density at radius 3 is 2.63 bits per heavy atom. The maximum Gasteiger partial charge on any atom is 0.210 e. The quantitative estimate of drug-likeness (QED) is 0.398. The highest BCUT2D eigenvalue weighted by Crippen LogP contribution is 2.31. The summed E-state index contributed by atoms with van der Waals surface area (Å²) in [4.78, 5) is 12.5. The minimum Gasteiger partial charge on any atom is -0.486 e. The van der Waals surface area contributed by atoms with E-state index in [1.54, 1.807) is 30.3 Å². The van der Waals surface area contributed by atoms with Crippen LogP contribution in [0.25, 0.3) is 11.4 Å². The first-order valence-electron chi connectivity index (χ1n) is 8.14. The van der Waals surface area contributed by atoms with Crippen LogP contribution in [0.3, 0.4) is 0 Å². The van der Waals surface area contributed by atoms with Crippen molar-refractivity contribution in [2.24, 2.45) is 0 Å². The number of thioether (sulfide) groups is 1. The molecular formula is C18H15ClN4O3S. The Morgan fingerprint density at radius 2 is 1.85 bits per heavy atom. The van der Waals surface area contributed by atoms with Gasteiger partial charge in [0.05, 0.1) is 5.75 Å². The van der Waals surface area contributed by atoms with E-state index in [0.29, 0.717) is 46.3 Å². The molecule has 1 aliphatic rings. The highest BCUT2D eigenvalue weighted by Gasteiger charge is 2.17. The number of nitrogen functional groups attached to an aromatic ring is 1. The molecule has 2 aromatic carbocycles. The van der Waals surface area contributed by atoms with Crippen molar-refractivity contribution in [3.8, 4) is 22.9 Å². The first-order valence-corrected chi connectivity index (χ1v) is 9.50. The van der Waals surface area contributed by atoms with Gasteiger partial charge in [-0.05, 0) is 42.5 Å². The Balaban J connectivity index is 1.46. The van der Waals surface area contributed by atoms with E-state index in [-0.39, 0.29) is 11.5 Å². The summed E-state index contributed by atoms with van der Waals surface area (Å²) in [6, 6.07) is 12.3. The van der Waals surface area contributed by atoms with E-state index in [0.717, 1.165) is 5.56 Å². The molecule has 0 saturated heterocycles. The standard InChI is InChI=1S/C18H15ClN4O3S/c19-13-4-1-11(2-5-13)17-21-22-18(23(17)20)27-10-14(24)12-3-6-15-16(9-12)26-8-7-25-15/h1-6,9H,7-8,10,20H2. The molecule has 0 amide bonds. The zero-order valence-corrected chi connectivity index (χ0v) is 15.7. The Bertz CT molecular complexity index is 991. The molecular weight excluding hydrogens is 388 g/mol. The summed E-state index contributed by atoms with van der Waals surface area (Å²) >= 11 is 7.12. The van der Waals surface area contributed by atoms with Crippen LogP contribution in [0, 0.1) is 0 Å². The number of ketones is 1. The largest absolute Gasteiger partial charge is 0.486 e. The summed E-state index contributed by atoms with van der Waals surface area (Å²) in [6.07, 6.45) is 0. The predicted molar refractivity (Wildman–Crippen MR) is 103 cm³/mol. The fourth-order valence-electron chi connectivity index (χ4n) is 2.60. The summed E-state index contributed by atoms with van der Waals surface area (Å²) in [7, 11) is 0. The van der Waals surface area contributed by atoms with Crippen LogP contribution >= 0.6 is 23.4 Å². The van der Waals surface area contributed by atoms with Gasteiger partial charge in [-0.3, -0.25) is 4.79 Å². The second kappa shape index (κ2) is 7.50. The molecule has 0 spiro atoms. The van der Waals surface area contributed by atoms with Gasteiger partial charge >= 0.3 is 0 Å². The first-order chi connectivity index (χ1) is 13.1. The van der Waals surface area contributed by atoms with Gasteiger partial charge in [-0.1, -0.05) is 23.4 Å². The van der Waals surface area contributed by atoms with Crippen LogP contribution in [-0.2, 0) is 0 Å². The number of benzene rings is 2. The van der Waals surface area contributed by atoms with Crippen molar-refractivity contribution in [1.29, 1.82) is 0 Å². The minimum atomic E-state index is -0.0620. The number of fused-ring (bicyclic) bond motifs is 1. The molecule has 0 bridgehead atoms. The van der Waals surface area contributed by atoms with Gasteiger partial charge in [-0.25, -0.2) is 4.68 Å². The number of hydrogen-bond acceptors (Lipinski definition) is 7. The van der Waals surface area contributed by atoms with E-state index < -0.39 is 0 Å². The van der Waals surface area contributed by atoms with Crippen LogP contribution in [0.4, 0.5) is 0 Å². The molecule has 3 aromatic rings. The van der Waals surface area contributed by atoms with Gasteiger partial charge in [0.15, 0.2) is 23.1 Å². The zero-order valence-electron chi connectivity index (χ0n) is 14.1. The molecule has 0 fully saturated rings. The van der Waals surface area contributed by atoms with Crippen molar-refractivity contribution in [2.75, 3.05) is 24.8 Å². The number of halogens is 1. The molecule has 27 heavy (non-hydrogen) atoms. The monoisotopic (exact) mass is 402 g/mol. The number of Topliss-reactive ketones (excluding diaryl/α,β-unsaturated/α-hetero) is 1. The van der Waals surface area contributed by atoms with E-state index in [1.165, 1.54) is 16.4 Å². The third-order valence-corrected chi connectivity index (χ3v) is 5.16. The van der Waals surface area contributed by atoms with Crippen molar-refractivity contribution < 1.29 is 14.3 Å². The highest BCUT2D eigenvalue weighted by molar-refractivity contribution is 7.99. The Labute approximate surface area is 164 Å². The van der Waals surface area contributed by atoms with E-state index in [9.17, 15) is 4.79 Å². The van der Waals surface area contributed by atoms with E-state index >= 15 is 0 Å². The van der Waals surface area contributed by atoms with Crippen LogP contribution in [0.2, 0.25) is 5.02 Å². The average molecular weight is 403 g/mol. The maximum absolute atomic E-state index is 12.5. The second-order valence-corrected chi connectivity index (χ2v) is 7.13. The van der Waals surface area contributed by atoms with Crippen molar-refractivity contribution in [1.82, 2.24) is 14.9 Å². The Kier molecular flexibility index (Phi) is 4.91. The van der Waals surface area contributed by atoms with Crippen LogP contribution in [0.15, 0.2) is 47.6 Å². The van der Waals surface area contributed by atoms with Crippen molar-refractivity contribution >= 4 is 29.1 Å². The van der Waals surface area contributed by atoms with Crippen molar-refractivity contribution in [3.05, 3.63) is 53.1 Å². The number of nitrogens with zero attached hydrogens (tertiary/aromatic N) is 3. The molecule has 138 valence electrons. The van der Waals surface area contributed by atoms with Gasteiger partial charge in [0.2, 0.25) is 5.16 Å². The summed E-state index contributed by atoms with van der Waals surface area (Å²) in [6.45, 7) is 0.988. The molecule has 0 unspecified atom stereocenters. The topological polar surface area (TPSA) is 92.3 Å². The molecule has 0 radical (unpaired) electrons. The zero-order chi connectivity index (χ0) is 18.8. The van der Waals surface area contributed by atoms with Crippen LogP contribution in [0.5, 0.6) is 11.5 Å². The maximum atomic E-state index is 12.5. The lowest BCUT2D eigenvalue weighted by Crippen LogP contribution is -2.16. The van der Waals surface area contributed by atoms with Gasteiger partial charge in [-0.2, -0.15) is 0 Å². The second-order valence-electron chi connectivity index (χ2n) is 5.75. The van der Waals surface area contributed by atoms with Crippen LogP contribution in [0.1, 0.15) is 10.4 Å². The smallest absolute Gasteiger partial charge is 0.210 e. The summed E-state index contributed by atoms with van der Waals surface area (Å²) in [5, 5.41) is 9.25. The number of nitrogens with two attached hydrogens (primary N) is 1. The number of hydrogen-bond donors (Lipinski definition) is 1. The number of rotatable bonds is 5. The summed E-state index contributed by atoms with van der Waals surface area (Å²) in [5.41, 5.74) is 1.34. The van der Waals surface area contributed by atoms with Gasteiger partial charge in [0.1, 0.15) is 13.2 Å². The lowest BCUT2D eigenvalue weighted by molar-refractivity contribution is 0.102. The van der Waals surface area contributed by atoms with Gasteiger partial charge < -0.3 is 15.3 Å². The number of carbonyl (C=O) groups is 1. The summed E-state index contributed by atoms with van der Waals surface area (Å²) < 4.78 is 12.4. The third-order valence-electron chi connectivity index (χ3n) is 3.96. The Hall–Kier alpha value is -2.71.